The number of hydrogen-bond donors (Lipinski definition) is 1. The van der Waals surface area contributed by atoms with Crippen molar-refractivity contribution in [1.82, 2.24) is 5.32 Å². The molecule has 0 aliphatic carbocycles. The highest BCUT2D eigenvalue weighted by molar-refractivity contribution is 9.10. The molecule has 84 valence electrons. The summed E-state index contributed by atoms with van der Waals surface area (Å²) in [6.45, 7) is 6.18. The third-order valence-electron chi connectivity index (χ3n) is 2.01. The Labute approximate surface area is 100 Å². The van der Waals surface area contributed by atoms with Crippen LogP contribution in [-0.2, 0) is 0 Å². The summed E-state index contributed by atoms with van der Waals surface area (Å²) in [5, 5.41) is 3.33. The van der Waals surface area contributed by atoms with E-state index >= 15 is 0 Å². The molecule has 0 radical (unpaired) electrons. The number of nitrogens with one attached hydrogen (secondary N) is 1. The number of ether oxygens (including phenoxy) is 1. The largest absolute Gasteiger partial charge is 0.489 e. The summed E-state index contributed by atoms with van der Waals surface area (Å²) in [5.74, 6) is 0.920. The summed E-state index contributed by atoms with van der Waals surface area (Å²) < 4.78 is 6.81. The van der Waals surface area contributed by atoms with Gasteiger partial charge in [0.05, 0.1) is 0 Å². The van der Waals surface area contributed by atoms with Gasteiger partial charge in [0.15, 0.2) is 0 Å². The minimum atomic E-state index is 0.206. The summed E-state index contributed by atoms with van der Waals surface area (Å²) in [5.41, 5.74) is 0. The Bertz CT molecular complexity index is 273. The van der Waals surface area contributed by atoms with Gasteiger partial charge in [-0.3, -0.25) is 0 Å². The predicted molar refractivity (Wildman–Crippen MR) is 67.4 cm³/mol. The average Bonchev–Trinajstić information content (AvgIpc) is 2.22. The van der Waals surface area contributed by atoms with E-state index in [1.54, 1.807) is 0 Å². The number of rotatable bonds is 6. The van der Waals surface area contributed by atoms with Crippen LogP contribution in [0, 0.1) is 0 Å². The average molecular weight is 272 g/mol. The molecule has 0 aliphatic heterocycles. The maximum atomic E-state index is 5.73. The lowest BCUT2D eigenvalue weighted by Gasteiger charge is -2.15. The third kappa shape index (κ3) is 5.19. The summed E-state index contributed by atoms with van der Waals surface area (Å²) in [6.07, 6.45) is 1.36. The topological polar surface area (TPSA) is 21.3 Å². The minimum Gasteiger partial charge on any atom is -0.489 e. The molecule has 1 aromatic rings. The Morgan fingerprint density at radius 3 is 2.60 bits per heavy atom. The van der Waals surface area contributed by atoms with Gasteiger partial charge in [-0.1, -0.05) is 22.9 Å². The fourth-order valence-electron chi connectivity index (χ4n) is 1.27. The van der Waals surface area contributed by atoms with Gasteiger partial charge >= 0.3 is 0 Å². The van der Waals surface area contributed by atoms with Crippen molar-refractivity contribution in [2.75, 3.05) is 13.1 Å². The lowest BCUT2D eigenvalue weighted by molar-refractivity contribution is 0.217. The first kappa shape index (κ1) is 12.5. The molecule has 0 spiro atoms. The molecule has 0 aliphatic rings. The van der Waals surface area contributed by atoms with Crippen LogP contribution in [0.3, 0.4) is 0 Å². The fourth-order valence-corrected chi connectivity index (χ4v) is 1.53. The van der Waals surface area contributed by atoms with E-state index in [4.69, 9.17) is 4.74 Å². The molecule has 0 bridgehead atoms. The lowest BCUT2D eigenvalue weighted by Crippen LogP contribution is -2.29. The summed E-state index contributed by atoms with van der Waals surface area (Å²) in [7, 11) is 0. The molecule has 0 heterocycles. The van der Waals surface area contributed by atoms with E-state index in [1.165, 1.54) is 0 Å². The van der Waals surface area contributed by atoms with Gasteiger partial charge in [0.25, 0.3) is 0 Å². The van der Waals surface area contributed by atoms with Crippen molar-refractivity contribution >= 4 is 15.9 Å². The molecule has 0 aromatic heterocycles. The quantitative estimate of drug-likeness (QED) is 0.803. The molecule has 2 nitrogen and oxygen atoms in total. The van der Waals surface area contributed by atoms with Crippen LogP contribution in [0.1, 0.15) is 20.3 Å². The van der Waals surface area contributed by atoms with E-state index in [0.717, 1.165) is 29.7 Å². The molecule has 0 saturated carbocycles. The minimum absolute atomic E-state index is 0.206. The molecular formula is C12H18BrNO. The van der Waals surface area contributed by atoms with Crippen LogP contribution in [0.4, 0.5) is 0 Å². The standard InChI is InChI=1S/C12H18BrNO/c1-3-8-14-9-10(2)15-12-6-4-11(13)5-7-12/h4-7,10,14H,3,8-9H2,1-2H3. The summed E-state index contributed by atoms with van der Waals surface area (Å²) in [6, 6.07) is 7.92. The van der Waals surface area contributed by atoms with E-state index in [9.17, 15) is 0 Å². The van der Waals surface area contributed by atoms with E-state index < -0.39 is 0 Å². The van der Waals surface area contributed by atoms with Crippen LogP contribution in [-0.4, -0.2) is 19.2 Å². The molecule has 0 amide bonds. The monoisotopic (exact) mass is 271 g/mol. The molecule has 1 N–H and O–H groups in total. The predicted octanol–water partition coefficient (Wildman–Crippen LogP) is 3.22. The molecule has 0 fully saturated rings. The van der Waals surface area contributed by atoms with Gasteiger partial charge in [0.1, 0.15) is 11.9 Å². The maximum absolute atomic E-state index is 5.73. The SMILES string of the molecule is CCCNCC(C)Oc1ccc(Br)cc1. The van der Waals surface area contributed by atoms with Crippen molar-refractivity contribution in [3.05, 3.63) is 28.7 Å². The van der Waals surface area contributed by atoms with Crippen molar-refractivity contribution in [3.8, 4) is 5.75 Å². The molecule has 1 aromatic carbocycles. The van der Waals surface area contributed by atoms with Gasteiger partial charge in [-0.15, -0.1) is 0 Å². The van der Waals surface area contributed by atoms with Gasteiger partial charge in [-0.2, -0.15) is 0 Å². The lowest BCUT2D eigenvalue weighted by atomic mass is 10.3. The molecule has 1 atom stereocenters. The zero-order valence-corrected chi connectivity index (χ0v) is 10.9. The van der Waals surface area contributed by atoms with E-state index in [2.05, 4.69) is 35.1 Å². The highest BCUT2D eigenvalue weighted by Gasteiger charge is 2.02. The Morgan fingerprint density at radius 1 is 1.33 bits per heavy atom. The Hall–Kier alpha value is -0.540. The molecule has 1 unspecified atom stereocenters. The molecule has 15 heavy (non-hydrogen) atoms. The highest BCUT2D eigenvalue weighted by Crippen LogP contribution is 2.16. The van der Waals surface area contributed by atoms with Crippen LogP contribution in [0.2, 0.25) is 0 Å². The first-order valence-corrected chi connectivity index (χ1v) is 6.14. The van der Waals surface area contributed by atoms with Crippen molar-refractivity contribution in [2.24, 2.45) is 0 Å². The van der Waals surface area contributed by atoms with Crippen LogP contribution in [0.15, 0.2) is 28.7 Å². The Kier molecular flexibility index (Phi) is 5.73. The zero-order valence-electron chi connectivity index (χ0n) is 9.29. The van der Waals surface area contributed by atoms with Gasteiger partial charge in [-0.25, -0.2) is 0 Å². The van der Waals surface area contributed by atoms with Crippen LogP contribution in [0.5, 0.6) is 5.75 Å². The van der Waals surface area contributed by atoms with Crippen LogP contribution < -0.4 is 10.1 Å². The Morgan fingerprint density at radius 2 is 2.00 bits per heavy atom. The summed E-state index contributed by atoms with van der Waals surface area (Å²) in [4.78, 5) is 0. The van der Waals surface area contributed by atoms with E-state index in [1.807, 2.05) is 24.3 Å². The number of hydrogen-bond acceptors (Lipinski definition) is 2. The highest BCUT2D eigenvalue weighted by atomic mass is 79.9. The van der Waals surface area contributed by atoms with Crippen molar-refractivity contribution < 1.29 is 4.74 Å². The number of benzene rings is 1. The second-order valence-corrected chi connectivity index (χ2v) is 4.50. The van der Waals surface area contributed by atoms with Crippen molar-refractivity contribution in [2.45, 2.75) is 26.4 Å². The fraction of sp³-hybridized carbons (Fsp3) is 0.500. The number of halogens is 1. The molecule has 3 heteroatoms. The molecular weight excluding hydrogens is 254 g/mol. The van der Waals surface area contributed by atoms with Crippen molar-refractivity contribution in [1.29, 1.82) is 0 Å². The van der Waals surface area contributed by atoms with Crippen LogP contribution >= 0.6 is 15.9 Å². The molecule has 0 saturated heterocycles. The van der Waals surface area contributed by atoms with E-state index in [0.29, 0.717) is 0 Å². The maximum Gasteiger partial charge on any atom is 0.119 e. The van der Waals surface area contributed by atoms with Crippen LogP contribution in [0.25, 0.3) is 0 Å². The van der Waals surface area contributed by atoms with Gasteiger partial charge in [-0.05, 0) is 44.2 Å². The third-order valence-corrected chi connectivity index (χ3v) is 2.54. The van der Waals surface area contributed by atoms with Gasteiger partial charge in [0, 0.05) is 11.0 Å². The zero-order chi connectivity index (χ0) is 11.1. The first-order valence-electron chi connectivity index (χ1n) is 5.35. The first-order chi connectivity index (χ1) is 7.22. The van der Waals surface area contributed by atoms with Crippen molar-refractivity contribution in [3.63, 3.8) is 0 Å². The van der Waals surface area contributed by atoms with Gasteiger partial charge < -0.3 is 10.1 Å². The second kappa shape index (κ2) is 6.85. The Balaban J connectivity index is 2.31. The molecule has 1 rings (SSSR count). The second-order valence-electron chi connectivity index (χ2n) is 3.59. The summed E-state index contributed by atoms with van der Waals surface area (Å²) >= 11 is 3.40. The van der Waals surface area contributed by atoms with Gasteiger partial charge in [0.2, 0.25) is 0 Å². The normalized spacial score (nSPS) is 12.5. The smallest absolute Gasteiger partial charge is 0.119 e. The van der Waals surface area contributed by atoms with E-state index in [-0.39, 0.29) is 6.10 Å².